The minimum atomic E-state index is -0.0825. The van der Waals surface area contributed by atoms with Gasteiger partial charge in [0, 0.05) is 22.5 Å². The summed E-state index contributed by atoms with van der Waals surface area (Å²) in [5, 5.41) is 5.06. The van der Waals surface area contributed by atoms with E-state index in [9.17, 15) is 0 Å². The normalized spacial score (nSPS) is 13.0. The second kappa shape index (κ2) is 11.4. The summed E-state index contributed by atoms with van der Waals surface area (Å²) in [6.07, 6.45) is 0. The molecule has 1 aliphatic carbocycles. The van der Waals surface area contributed by atoms with Crippen molar-refractivity contribution in [1.82, 2.24) is 0 Å². The van der Waals surface area contributed by atoms with Gasteiger partial charge in [0.1, 0.15) is 0 Å². The Morgan fingerprint density at radius 1 is 0.408 bits per heavy atom. The summed E-state index contributed by atoms with van der Waals surface area (Å²) in [6, 6.07) is 62.5. The van der Waals surface area contributed by atoms with Crippen molar-refractivity contribution in [1.29, 1.82) is 0 Å². The highest BCUT2D eigenvalue weighted by molar-refractivity contribution is 5.97. The lowest BCUT2D eigenvalue weighted by Gasteiger charge is -2.29. The fourth-order valence-electron chi connectivity index (χ4n) is 7.98. The largest absolute Gasteiger partial charge is 0.310 e. The molecule has 0 aromatic heterocycles. The van der Waals surface area contributed by atoms with Crippen LogP contribution in [-0.2, 0) is 5.41 Å². The summed E-state index contributed by atoms with van der Waals surface area (Å²) in [4.78, 5) is 2.44. The number of aryl methyl sites for hydroxylation is 1. The molecule has 0 spiro atoms. The monoisotopic (exact) mass is 627 g/mol. The molecule has 0 amide bonds. The molecule has 1 aliphatic rings. The van der Waals surface area contributed by atoms with Crippen LogP contribution in [0.5, 0.6) is 0 Å². The molecule has 0 heterocycles. The van der Waals surface area contributed by atoms with Crippen LogP contribution in [0.4, 0.5) is 17.1 Å². The average Bonchev–Trinajstić information content (AvgIpc) is 3.38. The van der Waals surface area contributed by atoms with Crippen molar-refractivity contribution in [3.8, 4) is 33.4 Å². The van der Waals surface area contributed by atoms with E-state index in [1.54, 1.807) is 0 Å². The smallest absolute Gasteiger partial charge is 0.0491 e. The topological polar surface area (TPSA) is 3.24 Å². The molecule has 8 aromatic carbocycles. The van der Waals surface area contributed by atoms with Gasteiger partial charge in [-0.15, -0.1) is 0 Å². The molecule has 0 saturated carbocycles. The third kappa shape index (κ3) is 4.85. The fourth-order valence-corrected chi connectivity index (χ4v) is 7.98. The van der Waals surface area contributed by atoms with Gasteiger partial charge in [0.25, 0.3) is 0 Å². The summed E-state index contributed by atoms with van der Waals surface area (Å²) >= 11 is 0. The Morgan fingerprint density at radius 2 is 1.02 bits per heavy atom. The van der Waals surface area contributed by atoms with E-state index >= 15 is 0 Å². The van der Waals surface area contributed by atoms with Gasteiger partial charge in [-0.25, -0.2) is 0 Å². The van der Waals surface area contributed by atoms with Crippen molar-refractivity contribution < 1.29 is 0 Å². The van der Waals surface area contributed by atoms with Gasteiger partial charge in [0.05, 0.1) is 0 Å². The maximum atomic E-state index is 2.44. The lowest BCUT2D eigenvalue weighted by atomic mass is 9.82. The molecule has 9 rings (SSSR count). The minimum Gasteiger partial charge on any atom is -0.310 e. The van der Waals surface area contributed by atoms with Gasteiger partial charge < -0.3 is 4.90 Å². The Balaban J connectivity index is 1.17. The molecule has 0 saturated heterocycles. The zero-order chi connectivity index (χ0) is 33.1. The summed E-state index contributed by atoms with van der Waals surface area (Å²) in [5.41, 5.74) is 15.0. The molecule has 0 atom stereocenters. The molecule has 8 aromatic rings. The number of anilines is 3. The number of rotatable bonds is 5. The van der Waals surface area contributed by atoms with E-state index < -0.39 is 0 Å². The third-order valence-electron chi connectivity index (χ3n) is 10.6. The number of fused-ring (bicyclic) bond motifs is 5. The second-order valence-corrected chi connectivity index (χ2v) is 13.9. The predicted octanol–water partition coefficient (Wildman–Crippen LogP) is 13.4. The van der Waals surface area contributed by atoms with Crippen molar-refractivity contribution in [3.05, 3.63) is 187 Å². The Labute approximate surface area is 288 Å². The van der Waals surface area contributed by atoms with Crippen molar-refractivity contribution in [2.24, 2.45) is 0 Å². The van der Waals surface area contributed by atoms with E-state index in [-0.39, 0.29) is 5.41 Å². The van der Waals surface area contributed by atoms with Crippen LogP contribution >= 0.6 is 0 Å². The zero-order valence-corrected chi connectivity index (χ0v) is 28.1. The van der Waals surface area contributed by atoms with Gasteiger partial charge in [-0.1, -0.05) is 141 Å². The van der Waals surface area contributed by atoms with Crippen LogP contribution in [0.15, 0.2) is 170 Å². The Morgan fingerprint density at radius 3 is 1.86 bits per heavy atom. The van der Waals surface area contributed by atoms with E-state index in [0.717, 1.165) is 5.69 Å². The third-order valence-corrected chi connectivity index (χ3v) is 10.6. The molecular formula is C48H37N. The highest BCUT2D eigenvalue weighted by Crippen LogP contribution is 2.51. The molecule has 1 heteroatoms. The molecule has 1 nitrogen and oxygen atoms in total. The van der Waals surface area contributed by atoms with Crippen molar-refractivity contribution in [2.45, 2.75) is 26.2 Å². The first-order valence-electron chi connectivity index (χ1n) is 17.2. The molecule has 0 radical (unpaired) electrons. The number of hydrogen-bond donors (Lipinski definition) is 0. The van der Waals surface area contributed by atoms with Gasteiger partial charge in [-0.3, -0.25) is 0 Å². The summed E-state index contributed by atoms with van der Waals surface area (Å²) in [7, 11) is 0. The van der Waals surface area contributed by atoms with Crippen LogP contribution in [0.1, 0.15) is 30.5 Å². The first-order valence-corrected chi connectivity index (χ1v) is 17.2. The van der Waals surface area contributed by atoms with Crippen LogP contribution in [0.25, 0.3) is 54.9 Å². The summed E-state index contributed by atoms with van der Waals surface area (Å²) in [5.74, 6) is 0. The summed E-state index contributed by atoms with van der Waals surface area (Å²) < 4.78 is 0. The maximum Gasteiger partial charge on any atom is 0.0491 e. The molecule has 0 unspecified atom stereocenters. The van der Waals surface area contributed by atoms with E-state index in [0.29, 0.717) is 0 Å². The van der Waals surface area contributed by atoms with Crippen LogP contribution in [-0.4, -0.2) is 0 Å². The molecule has 0 bridgehead atoms. The maximum absolute atomic E-state index is 2.44. The van der Waals surface area contributed by atoms with Crippen LogP contribution in [0.3, 0.4) is 0 Å². The minimum absolute atomic E-state index is 0.0825. The molecule has 0 aliphatic heterocycles. The Bertz CT molecular complexity index is 2530. The van der Waals surface area contributed by atoms with E-state index in [1.165, 1.54) is 83.0 Å². The van der Waals surface area contributed by atoms with Crippen molar-refractivity contribution in [2.75, 3.05) is 4.90 Å². The van der Waals surface area contributed by atoms with Gasteiger partial charge in [-0.2, -0.15) is 0 Å². The SMILES string of the molecule is Cc1cc(-c2ccc3ccccc3c2)ccc1N(c1ccc(-c2cccc3ccccc23)cc1)c1ccc2c(c1)C(C)(C)c1ccccc1-2. The number of benzene rings is 8. The number of nitrogens with zero attached hydrogens (tertiary/aromatic N) is 1. The van der Waals surface area contributed by atoms with Gasteiger partial charge in [-0.05, 0) is 121 Å². The predicted molar refractivity (Wildman–Crippen MR) is 209 cm³/mol. The molecule has 234 valence electrons. The fraction of sp³-hybridized carbons (Fsp3) is 0.0833. The second-order valence-electron chi connectivity index (χ2n) is 13.9. The van der Waals surface area contributed by atoms with Gasteiger partial charge in [0.15, 0.2) is 0 Å². The molecule has 0 fully saturated rings. The zero-order valence-electron chi connectivity index (χ0n) is 28.1. The highest BCUT2D eigenvalue weighted by atomic mass is 15.1. The van der Waals surface area contributed by atoms with Crippen LogP contribution in [0.2, 0.25) is 0 Å². The van der Waals surface area contributed by atoms with Gasteiger partial charge in [0.2, 0.25) is 0 Å². The lowest BCUT2D eigenvalue weighted by molar-refractivity contribution is 0.660. The van der Waals surface area contributed by atoms with Gasteiger partial charge >= 0.3 is 0 Å². The van der Waals surface area contributed by atoms with E-state index in [2.05, 4.69) is 196 Å². The lowest BCUT2D eigenvalue weighted by Crippen LogP contribution is -2.17. The van der Waals surface area contributed by atoms with E-state index in [1.807, 2.05) is 0 Å². The standard InChI is InChI=1S/C48H37N/c1-32-29-37(38-20-19-33-11-4-5-13-36(33)30-38)23-28-47(32)49(40-26-27-44-43-16-8-9-18-45(43)48(2,3)46(44)31-40)39-24-21-35(22-25-39)42-17-10-14-34-12-6-7-15-41(34)42/h4-31H,1-3H3. The Hall–Kier alpha value is -5.92. The average molecular weight is 628 g/mol. The Kier molecular flexibility index (Phi) is 6.78. The first-order chi connectivity index (χ1) is 24.0. The van der Waals surface area contributed by atoms with Crippen molar-refractivity contribution >= 4 is 38.6 Å². The van der Waals surface area contributed by atoms with Crippen molar-refractivity contribution in [3.63, 3.8) is 0 Å². The summed E-state index contributed by atoms with van der Waals surface area (Å²) in [6.45, 7) is 6.95. The quantitative estimate of drug-likeness (QED) is 0.183. The van der Waals surface area contributed by atoms with Crippen LogP contribution in [0, 0.1) is 6.92 Å². The molecule has 0 N–H and O–H groups in total. The van der Waals surface area contributed by atoms with Crippen LogP contribution < -0.4 is 4.90 Å². The van der Waals surface area contributed by atoms with E-state index in [4.69, 9.17) is 0 Å². The molecule has 49 heavy (non-hydrogen) atoms. The highest BCUT2D eigenvalue weighted by Gasteiger charge is 2.35. The first kappa shape index (κ1) is 29.2. The molecular weight excluding hydrogens is 591 g/mol. The number of hydrogen-bond acceptors (Lipinski definition) is 1.